The summed E-state index contributed by atoms with van der Waals surface area (Å²) in [5.41, 5.74) is -1.66. The number of hydrogen-bond donors (Lipinski definition) is 1. The largest absolute Gasteiger partial charge is 0.419 e. The Labute approximate surface area is 90.7 Å². The molecule has 0 radical (unpaired) electrons. The molecule has 90 valence electrons. The fraction of sp³-hybridized carbons (Fsp3) is 0.455. The molecule has 0 heterocycles. The fourth-order valence-corrected chi connectivity index (χ4v) is 1.36. The first-order valence-corrected chi connectivity index (χ1v) is 4.78. The van der Waals surface area contributed by atoms with Gasteiger partial charge in [-0.05, 0) is 12.0 Å². The maximum Gasteiger partial charge on any atom is 0.419 e. The molecule has 1 aromatic carbocycles. The maximum absolute atomic E-state index is 13.5. The van der Waals surface area contributed by atoms with Gasteiger partial charge in [-0.25, -0.2) is 4.39 Å². The van der Waals surface area contributed by atoms with Crippen LogP contribution in [0.5, 0.6) is 0 Å². The van der Waals surface area contributed by atoms with Crippen molar-refractivity contribution in [2.45, 2.75) is 26.1 Å². The molecule has 0 aromatic heterocycles. The molecule has 0 bridgehead atoms. The predicted molar refractivity (Wildman–Crippen MR) is 51.2 cm³/mol. The Bertz CT molecular complexity index is 371. The summed E-state index contributed by atoms with van der Waals surface area (Å²) in [5, 5.41) is 9.56. The van der Waals surface area contributed by atoms with Crippen LogP contribution in [-0.4, -0.2) is 5.11 Å². The Morgan fingerprint density at radius 1 is 1.19 bits per heavy atom. The number of alkyl halides is 3. The van der Waals surface area contributed by atoms with Crippen molar-refractivity contribution in [2.24, 2.45) is 5.92 Å². The standard InChI is InChI=1S/C11H12F4O/c1-6(2)10(16)7-4-3-5-8(9(7)12)11(13,14)15/h3-6,10,16H,1-2H3. The van der Waals surface area contributed by atoms with Crippen molar-refractivity contribution in [2.75, 3.05) is 0 Å². The third-order valence-electron chi connectivity index (χ3n) is 2.28. The number of rotatable bonds is 2. The molecular weight excluding hydrogens is 224 g/mol. The lowest BCUT2D eigenvalue weighted by Gasteiger charge is -2.18. The third-order valence-corrected chi connectivity index (χ3v) is 2.28. The minimum atomic E-state index is -4.74. The second-order valence-corrected chi connectivity index (χ2v) is 3.90. The van der Waals surface area contributed by atoms with Gasteiger partial charge >= 0.3 is 6.18 Å². The van der Waals surface area contributed by atoms with Crippen LogP contribution in [0.4, 0.5) is 17.6 Å². The van der Waals surface area contributed by atoms with E-state index in [2.05, 4.69) is 0 Å². The summed E-state index contributed by atoms with van der Waals surface area (Å²) in [7, 11) is 0. The lowest BCUT2D eigenvalue weighted by Crippen LogP contribution is -2.14. The second-order valence-electron chi connectivity index (χ2n) is 3.90. The van der Waals surface area contributed by atoms with Crippen LogP contribution in [0.2, 0.25) is 0 Å². The van der Waals surface area contributed by atoms with Crippen LogP contribution in [0.1, 0.15) is 31.1 Å². The third kappa shape index (κ3) is 2.52. The van der Waals surface area contributed by atoms with Crippen molar-refractivity contribution in [1.29, 1.82) is 0 Å². The van der Waals surface area contributed by atoms with E-state index in [1.165, 1.54) is 0 Å². The van der Waals surface area contributed by atoms with Gasteiger partial charge in [0.15, 0.2) is 0 Å². The van der Waals surface area contributed by atoms with Crippen molar-refractivity contribution in [3.63, 3.8) is 0 Å². The zero-order chi connectivity index (χ0) is 12.5. The molecule has 0 spiro atoms. The molecule has 0 amide bonds. The van der Waals surface area contributed by atoms with Crippen molar-refractivity contribution >= 4 is 0 Å². The van der Waals surface area contributed by atoms with Crippen molar-refractivity contribution in [3.05, 3.63) is 35.1 Å². The highest BCUT2D eigenvalue weighted by atomic mass is 19.4. The van der Waals surface area contributed by atoms with E-state index in [9.17, 15) is 22.7 Å². The van der Waals surface area contributed by atoms with Gasteiger partial charge in [0.05, 0.1) is 11.7 Å². The van der Waals surface area contributed by atoms with Gasteiger partial charge in [0.1, 0.15) is 5.82 Å². The Hall–Kier alpha value is -1.10. The zero-order valence-corrected chi connectivity index (χ0v) is 8.85. The summed E-state index contributed by atoms with van der Waals surface area (Å²) in [4.78, 5) is 0. The van der Waals surface area contributed by atoms with Gasteiger partial charge in [-0.15, -0.1) is 0 Å². The summed E-state index contributed by atoms with van der Waals surface area (Å²) in [6.07, 6.45) is -5.97. The summed E-state index contributed by atoms with van der Waals surface area (Å²) < 4.78 is 50.6. The first kappa shape index (κ1) is 13.0. The van der Waals surface area contributed by atoms with Crippen molar-refractivity contribution in [3.8, 4) is 0 Å². The molecule has 1 rings (SSSR count). The monoisotopic (exact) mass is 236 g/mol. The fourth-order valence-electron chi connectivity index (χ4n) is 1.36. The van der Waals surface area contributed by atoms with Crippen LogP contribution < -0.4 is 0 Å². The van der Waals surface area contributed by atoms with E-state index in [0.717, 1.165) is 12.1 Å². The quantitative estimate of drug-likeness (QED) is 0.779. The molecule has 1 unspecified atom stereocenters. The van der Waals surface area contributed by atoms with E-state index >= 15 is 0 Å². The lowest BCUT2D eigenvalue weighted by molar-refractivity contribution is -0.140. The van der Waals surface area contributed by atoms with Crippen LogP contribution in [0.15, 0.2) is 18.2 Å². The molecule has 1 N–H and O–H groups in total. The first-order chi connectivity index (χ1) is 7.25. The smallest absolute Gasteiger partial charge is 0.388 e. The van der Waals surface area contributed by atoms with E-state index in [1.807, 2.05) is 0 Å². The molecular formula is C11H12F4O. The molecule has 1 nitrogen and oxygen atoms in total. The predicted octanol–water partition coefficient (Wildman–Crippen LogP) is 3.53. The van der Waals surface area contributed by atoms with Crippen LogP contribution in [0, 0.1) is 11.7 Å². The molecule has 16 heavy (non-hydrogen) atoms. The minimum Gasteiger partial charge on any atom is -0.388 e. The van der Waals surface area contributed by atoms with Crippen LogP contribution in [-0.2, 0) is 6.18 Å². The summed E-state index contributed by atoms with van der Waals surface area (Å²) in [6.45, 7) is 3.20. The number of halogens is 4. The molecule has 0 fully saturated rings. The van der Waals surface area contributed by atoms with Gasteiger partial charge < -0.3 is 5.11 Å². The number of aliphatic hydroxyl groups excluding tert-OH is 1. The molecule has 0 saturated heterocycles. The minimum absolute atomic E-state index is 0.315. The Morgan fingerprint density at radius 3 is 2.19 bits per heavy atom. The highest BCUT2D eigenvalue weighted by molar-refractivity contribution is 5.29. The van der Waals surface area contributed by atoms with Crippen LogP contribution in [0.25, 0.3) is 0 Å². The van der Waals surface area contributed by atoms with Gasteiger partial charge in [-0.3, -0.25) is 0 Å². The maximum atomic E-state index is 13.5. The summed E-state index contributed by atoms with van der Waals surface area (Å²) in [5.74, 6) is -1.74. The topological polar surface area (TPSA) is 20.2 Å². The zero-order valence-electron chi connectivity index (χ0n) is 8.85. The molecule has 0 aliphatic heterocycles. The Balaban J connectivity index is 3.24. The highest BCUT2D eigenvalue weighted by Crippen LogP contribution is 2.35. The van der Waals surface area contributed by atoms with E-state index in [1.54, 1.807) is 13.8 Å². The van der Waals surface area contributed by atoms with Gasteiger partial charge in [0, 0.05) is 5.56 Å². The molecule has 0 saturated carbocycles. The van der Waals surface area contributed by atoms with Gasteiger partial charge in [0.2, 0.25) is 0 Å². The first-order valence-electron chi connectivity index (χ1n) is 4.78. The second kappa shape index (κ2) is 4.41. The summed E-state index contributed by atoms with van der Waals surface area (Å²) >= 11 is 0. The van der Waals surface area contributed by atoms with E-state index in [0.29, 0.717) is 6.07 Å². The molecule has 5 heteroatoms. The van der Waals surface area contributed by atoms with Crippen molar-refractivity contribution in [1.82, 2.24) is 0 Å². The highest BCUT2D eigenvalue weighted by Gasteiger charge is 2.35. The van der Waals surface area contributed by atoms with E-state index < -0.39 is 23.7 Å². The van der Waals surface area contributed by atoms with Gasteiger partial charge in [-0.2, -0.15) is 13.2 Å². The average molecular weight is 236 g/mol. The average Bonchev–Trinajstić information content (AvgIpc) is 2.15. The molecule has 1 atom stereocenters. The SMILES string of the molecule is CC(C)C(O)c1cccc(C(F)(F)F)c1F. The summed E-state index contributed by atoms with van der Waals surface area (Å²) in [6, 6.07) is 2.91. The van der Waals surface area contributed by atoms with Crippen LogP contribution >= 0.6 is 0 Å². The Morgan fingerprint density at radius 2 is 1.75 bits per heavy atom. The number of aliphatic hydroxyl groups is 1. The van der Waals surface area contributed by atoms with Crippen LogP contribution in [0.3, 0.4) is 0 Å². The number of hydrogen-bond acceptors (Lipinski definition) is 1. The number of benzene rings is 1. The molecule has 1 aromatic rings. The normalized spacial score (nSPS) is 14.2. The van der Waals surface area contributed by atoms with Gasteiger partial charge in [-0.1, -0.05) is 26.0 Å². The van der Waals surface area contributed by atoms with E-state index in [-0.39, 0.29) is 11.5 Å². The van der Waals surface area contributed by atoms with E-state index in [4.69, 9.17) is 0 Å². The Kier molecular flexibility index (Phi) is 3.57. The van der Waals surface area contributed by atoms with Crippen molar-refractivity contribution < 1.29 is 22.7 Å². The lowest BCUT2D eigenvalue weighted by atomic mass is 9.97. The molecule has 0 aliphatic rings. The molecule has 0 aliphatic carbocycles. The van der Waals surface area contributed by atoms with Gasteiger partial charge in [0.25, 0.3) is 0 Å².